The van der Waals surface area contributed by atoms with Crippen molar-refractivity contribution in [1.82, 2.24) is 10.3 Å². The summed E-state index contributed by atoms with van der Waals surface area (Å²) in [4.78, 5) is 4.49. The van der Waals surface area contributed by atoms with Crippen LogP contribution in [-0.4, -0.2) is 32.0 Å². The molecule has 3 rings (SSSR count). The van der Waals surface area contributed by atoms with E-state index in [-0.39, 0.29) is 12.0 Å². The first-order valence-corrected chi connectivity index (χ1v) is 9.12. The summed E-state index contributed by atoms with van der Waals surface area (Å²) in [5.74, 6) is 0.900. The van der Waals surface area contributed by atoms with Crippen molar-refractivity contribution in [1.29, 1.82) is 0 Å². The molecule has 2 unspecified atom stereocenters. The van der Waals surface area contributed by atoms with Gasteiger partial charge in [-0.15, -0.1) is 0 Å². The minimum Gasteiger partial charge on any atom is -0.313 e. The second-order valence-corrected chi connectivity index (χ2v) is 8.00. The summed E-state index contributed by atoms with van der Waals surface area (Å²) in [6, 6.07) is 10.3. The second kappa shape index (κ2) is 5.73. The fourth-order valence-corrected chi connectivity index (χ4v) is 5.08. The molecule has 1 aromatic carbocycles. The predicted molar refractivity (Wildman–Crippen MR) is 84.9 cm³/mol. The van der Waals surface area contributed by atoms with Gasteiger partial charge in [0.25, 0.3) is 0 Å². The van der Waals surface area contributed by atoms with Crippen molar-refractivity contribution in [2.45, 2.75) is 18.9 Å². The number of rotatable bonds is 4. The van der Waals surface area contributed by atoms with Crippen molar-refractivity contribution < 1.29 is 8.42 Å². The molecule has 0 saturated carbocycles. The van der Waals surface area contributed by atoms with Gasteiger partial charge < -0.3 is 5.32 Å². The summed E-state index contributed by atoms with van der Waals surface area (Å²) in [5.41, 5.74) is 2.15. The number of aromatic nitrogens is 1. The van der Waals surface area contributed by atoms with Crippen molar-refractivity contribution in [3.05, 3.63) is 42.1 Å². The quantitative estimate of drug-likeness (QED) is 0.942. The molecule has 112 valence electrons. The van der Waals surface area contributed by atoms with Gasteiger partial charge in [0.1, 0.15) is 0 Å². The minimum absolute atomic E-state index is 0.141. The van der Waals surface area contributed by atoms with Crippen LogP contribution < -0.4 is 5.32 Å². The van der Waals surface area contributed by atoms with E-state index in [9.17, 15) is 8.42 Å². The minimum atomic E-state index is -2.82. The van der Waals surface area contributed by atoms with E-state index in [1.54, 1.807) is 6.20 Å². The van der Waals surface area contributed by atoms with Gasteiger partial charge in [0.2, 0.25) is 0 Å². The van der Waals surface area contributed by atoms with Gasteiger partial charge in [-0.1, -0.05) is 24.3 Å². The Hall–Kier alpha value is -1.46. The summed E-state index contributed by atoms with van der Waals surface area (Å²) in [7, 11) is -0.891. The van der Waals surface area contributed by atoms with Crippen LogP contribution in [0.3, 0.4) is 0 Å². The monoisotopic (exact) mass is 304 g/mol. The lowest BCUT2D eigenvalue weighted by Crippen LogP contribution is -2.21. The van der Waals surface area contributed by atoms with Crippen LogP contribution >= 0.6 is 0 Å². The average molecular weight is 304 g/mol. The van der Waals surface area contributed by atoms with E-state index in [2.05, 4.69) is 28.5 Å². The third-order valence-electron chi connectivity index (χ3n) is 4.28. The van der Waals surface area contributed by atoms with Crippen LogP contribution in [0.2, 0.25) is 0 Å². The first-order valence-electron chi connectivity index (χ1n) is 7.30. The van der Waals surface area contributed by atoms with Gasteiger partial charge in [-0.05, 0) is 37.4 Å². The fourth-order valence-electron chi connectivity index (χ4n) is 3.20. The second-order valence-electron chi connectivity index (χ2n) is 5.77. The molecule has 0 spiro atoms. The molecule has 1 aromatic heterocycles. The zero-order valence-electron chi connectivity index (χ0n) is 12.1. The predicted octanol–water partition coefficient (Wildman–Crippen LogP) is 2.32. The SMILES string of the molecule is CNC(CC1CCS(=O)(=O)C1)c1cccc2cccnc12. The molecule has 2 atom stereocenters. The number of hydrogen-bond donors (Lipinski definition) is 1. The van der Waals surface area contributed by atoms with Crippen LogP contribution in [-0.2, 0) is 9.84 Å². The summed E-state index contributed by atoms with van der Waals surface area (Å²) in [5, 5.41) is 4.45. The summed E-state index contributed by atoms with van der Waals surface area (Å²) >= 11 is 0. The molecule has 4 nitrogen and oxygen atoms in total. The van der Waals surface area contributed by atoms with E-state index in [0.717, 1.165) is 29.3 Å². The molecule has 5 heteroatoms. The smallest absolute Gasteiger partial charge is 0.150 e. The van der Waals surface area contributed by atoms with E-state index >= 15 is 0 Å². The first-order chi connectivity index (χ1) is 10.1. The molecule has 1 saturated heterocycles. The molecule has 0 bridgehead atoms. The maximum atomic E-state index is 11.6. The van der Waals surface area contributed by atoms with E-state index in [4.69, 9.17) is 0 Å². The number of sulfone groups is 1. The number of pyridine rings is 1. The van der Waals surface area contributed by atoms with Crippen LogP contribution in [0.5, 0.6) is 0 Å². The highest BCUT2D eigenvalue weighted by Gasteiger charge is 2.30. The molecule has 1 aliphatic heterocycles. The summed E-state index contributed by atoms with van der Waals surface area (Å²) in [6.45, 7) is 0. The molecule has 0 radical (unpaired) electrons. The van der Waals surface area contributed by atoms with Gasteiger partial charge in [-0.2, -0.15) is 0 Å². The summed E-state index contributed by atoms with van der Waals surface area (Å²) in [6.07, 6.45) is 3.42. The average Bonchev–Trinajstić information content (AvgIpc) is 2.83. The Balaban J connectivity index is 1.89. The molecule has 1 N–H and O–H groups in total. The van der Waals surface area contributed by atoms with E-state index in [1.165, 1.54) is 0 Å². The van der Waals surface area contributed by atoms with Gasteiger partial charge in [-0.3, -0.25) is 4.98 Å². The number of para-hydroxylation sites is 1. The van der Waals surface area contributed by atoms with Crippen molar-refractivity contribution in [2.24, 2.45) is 5.92 Å². The molecule has 1 aliphatic rings. The van der Waals surface area contributed by atoms with E-state index < -0.39 is 9.84 Å². The largest absolute Gasteiger partial charge is 0.313 e. The highest BCUT2D eigenvalue weighted by Crippen LogP contribution is 2.31. The normalized spacial score (nSPS) is 22.4. The fraction of sp³-hybridized carbons (Fsp3) is 0.438. The summed E-state index contributed by atoms with van der Waals surface area (Å²) < 4.78 is 23.3. The first kappa shape index (κ1) is 14.5. The lowest BCUT2D eigenvalue weighted by molar-refractivity contribution is 0.438. The Morgan fingerprint density at radius 1 is 1.33 bits per heavy atom. The maximum Gasteiger partial charge on any atom is 0.150 e. The third-order valence-corrected chi connectivity index (χ3v) is 6.12. The number of fused-ring (bicyclic) bond motifs is 1. The zero-order valence-corrected chi connectivity index (χ0v) is 12.9. The van der Waals surface area contributed by atoms with Crippen molar-refractivity contribution in [3.8, 4) is 0 Å². The lowest BCUT2D eigenvalue weighted by Gasteiger charge is -2.21. The van der Waals surface area contributed by atoms with E-state index in [0.29, 0.717) is 11.5 Å². The third kappa shape index (κ3) is 3.09. The molecule has 0 amide bonds. The number of nitrogens with zero attached hydrogens (tertiary/aromatic N) is 1. The van der Waals surface area contributed by atoms with Crippen molar-refractivity contribution >= 4 is 20.7 Å². The van der Waals surface area contributed by atoms with E-state index in [1.807, 2.05) is 19.2 Å². The Kier molecular flexibility index (Phi) is 3.95. The standard InChI is InChI=1S/C16H20N2O2S/c1-17-15(10-12-7-9-21(19,20)11-12)14-6-2-4-13-5-3-8-18-16(13)14/h2-6,8,12,15,17H,7,9-11H2,1H3. The van der Waals surface area contributed by atoms with Crippen LogP contribution in [0, 0.1) is 5.92 Å². The molecular formula is C16H20N2O2S. The van der Waals surface area contributed by atoms with Crippen molar-refractivity contribution in [2.75, 3.05) is 18.6 Å². The highest BCUT2D eigenvalue weighted by atomic mass is 32.2. The number of hydrogen-bond acceptors (Lipinski definition) is 4. The molecule has 0 aliphatic carbocycles. The Morgan fingerprint density at radius 3 is 2.86 bits per heavy atom. The zero-order chi connectivity index (χ0) is 14.9. The molecule has 21 heavy (non-hydrogen) atoms. The van der Waals surface area contributed by atoms with Crippen molar-refractivity contribution in [3.63, 3.8) is 0 Å². The van der Waals surface area contributed by atoms with Crippen LogP contribution in [0.1, 0.15) is 24.4 Å². The van der Waals surface area contributed by atoms with Crippen LogP contribution in [0.25, 0.3) is 10.9 Å². The number of nitrogens with one attached hydrogen (secondary N) is 1. The molecule has 1 fully saturated rings. The Labute approximate surface area is 125 Å². The van der Waals surface area contributed by atoms with Crippen LogP contribution in [0.15, 0.2) is 36.5 Å². The Morgan fingerprint density at radius 2 is 2.14 bits per heavy atom. The highest BCUT2D eigenvalue weighted by molar-refractivity contribution is 7.91. The maximum absolute atomic E-state index is 11.6. The molecule has 2 heterocycles. The number of benzene rings is 1. The van der Waals surface area contributed by atoms with Gasteiger partial charge in [-0.25, -0.2) is 8.42 Å². The van der Waals surface area contributed by atoms with Crippen LogP contribution in [0.4, 0.5) is 0 Å². The topological polar surface area (TPSA) is 59.1 Å². The van der Waals surface area contributed by atoms with Gasteiger partial charge in [0.05, 0.1) is 17.0 Å². The van der Waals surface area contributed by atoms with Gasteiger partial charge in [0, 0.05) is 17.6 Å². The lowest BCUT2D eigenvalue weighted by atomic mass is 9.93. The Bertz CT molecular complexity index is 738. The van der Waals surface area contributed by atoms with Gasteiger partial charge in [0.15, 0.2) is 9.84 Å². The van der Waals surface area contributed by atoms with Gasteiger partial charge >= 0.3 is 0 Å². The molecular weight excluding hydrogens is 284 g/mol. The molecule has 2 aromatic rings.